The Balaban J connectivity index is 2.62. The third-order valence-corrected chi connectivity index (χ3v) is 3.14. The van der Waals surface area contributed by atoms with E-state index in [0.717, 1.165) is 29.7 Å². The Morgan fingerprint density at radius 3 is 2.72 bits per heavy atom. The van der Waals surface area contributed by atoms with Gasteiger partial charge in [0.25, 0.3) is 0 Å². The van der Waals surface area contributed by atoms with Crippen LogP contribution in [-0.4, -0.2) is 20.6 Å². The predicted octanol–water partition coefficient (Wildman–Crippen LogP) is 3.02. The van der Waals surface area contributed by atoms with Gasteiger partial charge in [-0.1, -0.05) is 32.4 Å². The van der Waals surface area contributed by atoms with Crippen LogP contribution in [0.5, 0.6) is 0 Å². The van der Waals surface area contributed by atoms with Gasteiger partial charge in [0.15, 0.2) is 0 Å². The summed E-state index contributed by atoms with van der Waals surface area (Å²) in [5.41, 5.74) is 1.78. The van der Waals surface area contributed by atoms with E-state index in [4.69, 9.17) is 0 Å². The van der Waals surface area contributed by atoms with Crippen molar-refractivity contribution in [2.75, 3.05) is 0 Å². The number of hydrogen-bond donors (Lipinski definition) is 1. The summed E-state index contributed by atoms with van der Waals surface area (Å²) in [7, 11) is 0. The molecule has 1 unspecified atom stereocenters. The van der Waals surface area contributed by atoms with Gasteiger partial charge >= 0.3 is 5.97 Å². The Hall–Kier alpha value is -1.84. The fourth-order valence-electron chi connectivity index (χ4n) is 2.33. The number of aliphatic carboxylic acids is 1. The maximum Gasteiger partial charge on any atom is 0.326 e. The van der Waals surface area contributed by atoms with Crippen molar-refractivity contribution in [3.05, 3.63) is 30.1 Å². The quantitative estimate of drug-likeness (QED) is 0.882. The van der Waals surface area contributed by atoms with Crippen LogP contribution < -0.4 is 0 Å². The lowest BCUT2D eigenvalue weighted by Gasteiger charge is -2.16. The van der Waals surface area contributed by atoms with E-state index in [1.165, 1.54) is 0 Å². The highest BCUT2D eigenvalue weighted by Gasteiger charge is 2.23. The summed E-state index contributed by atoms with van der Waals surface area (Å²) in [5, 5.41) is 9.41. The molecule has 0 radical (unpaired) electrons. The van der Waals surface area contributed by atoms with Crippen molar-refractivity contribution in [1.29, 1.82) is 0 Å². The van der Waals surface area contributed by atoms with Gasteiger partial charge in [-0.2, -0.15) is 0 Å². The first-order chi connectivity index (χ1) is 8.69. The lowest BCUT2D eigenvalue weighted by atomic mass is 10.1. The molecule has 2 rings (SSSR count). The van der Waals surface area contributed by atoms with Gasteiger partial charge in [-0.15, -0.1) is 0 Å². The molecule has 18 heavy (non-hydrogen) atoms. The van der Waals surface area contributed by atoms with Crippen molar-refractivity contribution >= 4 is 17.0 Å². The number of aromatic nitrogens is 2. The molecule has 96 valence electrons. The minimum absolute atomic E-state index is 0.516. The zero-order valence-corrected chi connectivity index (χ0v) is 10.8. The van der Waals surface area contributed by atoms with Gasteiger partial charge in [-0.25, -0.2) is 9.78 Å². The third kappa shape index (κ3) is 2.10. The summed E-state index contributed by atoms with van der Waals surface area (Å²) in [6.07, 6.45) is 2.21. The monoisotopic (exact) mass is 246 g/mol. The van der Waals surface area contributed by atoms with Crippen LogP contribution in [0.4, 0.5) is 0 Å². The molecule has 0 fully saturated rings. The molecule has 1 atom stereocenters. The summed E-state index contributed by atoms with van der Waals surface area (Å²) in [4.78, 5) is 16.0. The highest BCUT2D eigenvalue weighted by Crippen LogP contribution is 2.24. The first kappa shape index (κ1) is 12.6. The summed E-state index contributed by atoms with van der Waals surface area (Å²) in [5.74, 6) is 0.0618. The average Bonchev–Trinajstić information content (AvgIpc) is 2.74. The Bertz CT molecular complexity index is 560. The van der Waals surface area contributed by atoms with Gasteiger partial charge in [0, 0.05) is 6.42 Å². The van der Waals surface area contributed by atoms with Gasteiger partial charge in [0.05, 0.1) is 11.0 Å². The number of hydrogen-bond acceptors (Lipinski definition) is 2. The number of carboxylic acid groups (broad SMARTS) is 1. The van der Waals surface area contributed by atoms with Crippen molar-refractivity contribution in [2.45, 2.75) is 39.2 Å². The molecule has 0 saturated heterocycles. The second-order valence-electron chi connectivity index (χ2n) is 4.38. The van der Waals surface area contributed by atoms with Crippen molar-refractivity contribution in [2.24, 2.45) is 0 Å². The molecule has 4 nitrogen and oxygen atoms in total. The number of para-hydroxylation sites is 2. The minimum atomic E-state index is -0.783. The van der Waals surface area contributed by atoms with Crippen LogP contribution in [0.2, 0.25) is 0 Å². The molecule has 2 aromatic rings. The molecule has 0 bridgehead atoms. The highest BCUT2D eigenvalue weighted by atomic mass is 16.4. The highest BCUT2D eigenvalue weighted by molar-refractivity contribution is 5.80. The van der Waals surface area contributed by atoms with Crippen molar-refractivity contribution in [3.63, 3.8) is 0 Å². The molecule has 1 aromatic carbocycles. The zero-order chi connectivity index (χ0) is 13.1. The number of rotatable bonds is 5. The fourth-order valence-corrected chi connectivity index (χ4v) is 2.33. The Kier molecular flexibility index (Phi) is 3.65. The molecule has 0 aliphatic rings. The number of fused-ring (bicyclic) bond motifs is 1. The van der Waals surface area contributed by atoms with Crippen LogP contribution in [0, 0.1) is 0 Å². The Morgan fingerprint density at radius 1 is 1.39 bits per heavy atom. The first-order valence-corrected chi connectivity index (χ1v) is 6.37. The van der Waals surface area contributed by atoms with Crippen molar-refractivity contribution < 1.29 is 9.90 Å². The van der Waals surface area contributed by atoms with E-state index in [-0.39, 0.29) is 0 Å². The van der Waals surface area contributed by atoms with Crippen LogP contribution in [0.25, 0.3) is 11.0 Å². The average molecular weight is 246 g/mol. The number of nitrogens with zero attached hydrogens (tertiary/aromatic N) is 2. The smallest absolute Gasteiger partial charge is 0.326 e. The van der Waals surface area contributed by atoms with Gasteiger partial charge in [0.1, 0.15) is 11.9 Å². The second kappa shape index (κ2) is 5.21. The fraction of sp³-hybridized carbons (Fsp3) is 0.429. The first-order valence-electron chi connectivity index (χ1n) is 6.37. The summed E-state index contributed by atoms with van der Waals surface area (Å²) in [6, 6.07) is 7.19. The van der Waals surface area contributed by atoms with E-state index in [1.54, 1.807) is 0 Å². The maximum atomic E-state index is 11.5. The van der Waals surface area contributed by atoms with Crippen LogP contribution in [0.15, 0.2) is 24.3 Å². The van der Waals surface area contributed by atoms with Gasteiger partial charge < -0.3 is 9.67 Å². The van der Waals surface area contributed by atoms with Gasteiger partial charge in [-0.3, -0.25) is 0 Å². The maximum absolute atomic E-state index is 11.5. The summed E-state index contributed by atoms with van der Waals surface area (Å²) < 4.78 is 1.88. The SMILES string of the molecule is CCCC(C(=O)O)n1c(CC)nc2ccccc21. The van der Waals surface area contributed by atoms with E-state index in [2.05, 4.69) is 4.98 Å². The number of carboxylic acids is 1. The summed E-state index contributed by atoms with van der Waals surface area (Å²) >= 11 is 0. The standard InChI is InChI=1S/C14H18N2O2/c1-3-7-12(14(17)18)16-11-9-6-5-8-10(11)15-13(16)4-2/h5-6,8-9,12H,3-4,7H2,1-2H3,(H,17,18). The molecule has 0 aliphatic carbocycles. The molecule has 1 heterocycles. The molecule has 4 heteroatoms. The zero-order valence-electron chi connectivity index (χ0n) is 10.8. The van der Waals surface area contributed by atoms with E-state index in [0.29, 0.717) is 6.42 Å². The van der Waals surface area contributed by atoms with Crippen LogP contribution in [0.3, 0.4) is 0 Å². The Labute approximate surface area is 106 Å². The van der Waals surface area contributed by atoms with E-state index < -0.39 is 12.0 Å². The van der Waals surface area contributed by atoms with Crippen molar-refractivity contribution in [3.8, 4) is 0 Å². The molecule has 0 aliphatic heterocycles. The Morgan fingerprint density at radius 2 is 2.11 bits per heavy atom. The number of imidazole rings is 1. The third-order valence-electron chi connectivity index (χ3n) is 3.14. The lowest BCUT2D eigenvalue weighted by molar-refractivity contribution is -0.141. The predicted molar refractivity (Wildman–Crippen MR) is 70.7 cm³/mol. The molecule has 0 saturated carbocycles. The van der Waals surface area contributed by atoms with Gasteiger partial charge in [0.2, 0.25) is 0 Å². The van der Waals surface area contributed by atoms with E-state index in [9.17, 15) is 9.90 Å². The van der Waals surface area contributed by atoms with Crippen LogP contribution >= 0.6 is 0 Å². The van der Waals surface area contributed by atoms with E-state index >= 15 is 0 Å². The normalized spacial score (nSPS) is 12.8. The number of aryl methyl sites for hydroxylation is 1. The number of benzene rings is 1. The molecule has 0 spiro atoms. The van der Waals surface area contributed by atoms with E-state index in [1.807, 2.05) is 42.7 Å². The van der Waals surface area contributed by atoms with Gasteiger partial charge in [-0.05, 0) is 18.6 Å². The largest absolute Gasteiger partial charge is 0.480 e. The van der Waals surface area contributed by atoms with Crippen molar-refractivity contribution in [1.82, 2.24) is 9.55 Å². The number of carbonyl (C=O) groups is 1. The topological polar surface area (TPSA) is 55.1 Å². The summed E-state index contributed by atoms with van der Waals surface area (Å²) in [6.45, 7) is 4.00. The molecule has 1 aromatic heterocycles. The molecular weight excluding hydrogens is 228 g/mol. The second-order valence-corrected chi connectivity index (χ2v) is 4.38. The molecule has 0 amide bonds. The molecular formula is C14H18N2O2. The minimum Gasteiger partial charge on any atom is -0.480 e. The van der Waals surface area contributed by atoms with Crippen LogP contribution in [0.1, 0.15) is 38.6 Å². The molecule has 1 N–H and O–H groups in total. The lowest BCUT2D eigenvalue weighted by Crippen LogP contribution is -2.20. The van der Waals surface area contributed by atoms with Crippen LogP contribution in [-0.2, 0) is 11.2 Å².